The Kier molecular flexibility index (Phi) is 10.9. The van der Waals surface area contributed by atoms with Gasteiger partial charge in [0, 0.05) is 6.54 Å². The maximum Gasteiger partial charge on any atom is 0.175 e. The smallest absolute Gasteiger partial charge is 0.175 e. The first-order valence-electron chi connectivity index (χ1n) is 10.6. The summed E-state index contributed by atoms with van der Waals surface area (Å²) in [6, 6.07) is 20.6. The lowest BCUT2D eigenvalue weighted by atomic mass is 10.1. The summed E-state index contributed by atoms with van der Waals surface area (Å²) < 4.78 is 18.3. The fourth-order valence-electron chi connectivity index (χ4n) is 3.33. The molecule has 0 aromatic heterocycles. The van der Waals surface area contributed by atoms with E-state index in [1.165, 1.54) is 11.1 Å². The van der Waals surface area contributed by atoms with Crippen LogP contribution in [0.5, 0.6) is 17.2 Å². The van der Waals surface area contributed by atoms with Crippen molar-refractivity contribution >= 4 is 28.3 Å². The molecule has 3 aromatic carbocycles. The molecular weight excluding hydrogens is 490 g/mol. The largest absolute Gasteiger partial charge is 0.496 e. The number of hydrogen-bond donors (Lipinski definition) is 1. The number of para-hydroxylation sites is 1. The van der Waals surface area contributed by atoms with Gasteiger partial charge in [-0.2, -0.15) is 0 Å². The van der Waals surface area contributed by atoms with E-state index in [1.807, 2.05) is 25.1 Å². The number of halogens is 2. The minimum Gasteiger partial charge on any atom is -0.496 e. The lowest BCUT2D eigenvalue weighted by Gasteiger charge is -2.16. The van der Waals surface area contributed by atoms with Crippen LogP contribution in [0.3, 0.4) is 0 Å². The van der Waals surface area contributed by atoms with Gasteiger partial charge >= 0.3 is 0 Å². The second kappa shape index (κ2) is 13.4. The number of rotatable bonds is 11. The van der Waals surface area contributed by atoms with Crippen molar-refractivity contribution in [1.29, 1.82) is 0 Å². The van der Waals surface area contributed by atoms with Crippen LogP contribution in [0.2, 0.25) is 0 Å². The first-order valence-corrected chi connectivity index (χ1v) is 11.4. The molecule has 4 nitrogen and oxygen atoms in total. The molecule has 0 bridgehead atoms. The number of nitrogens with one attached hydrogen (secondary N) is 1. The highest BCUT2D eigenvalue weighted by Gasteiger charge is 2.13. The summed E-state index contributed by atoms with van der Waals surface area (Å²) in [6.45, 7) is 6.74. The standard InChI is InChI=1S/C26H30BrNO3.ClH/c1-4-30-25-16-21(17-28-14-13-22-7-5-6-8-24(22)29-3)15-23(27)26(25)31-18-20-11-9-19(2)10-12-20;/h5-12,15-16,28H,4,13-14,17-18H2,1-3H3;1H. The van der Waals surface area contributed by atoms with Crippen LogP contribution >= 0.6 is 28.3 Å². The van der Waals surface area contributed by atoms with Gasteiger partial charge in [-0.25, -0.2) is 0 Å². The topological polar surface area (TPSA) is 39.7 Å². The van der Waals surface area contributed by atoms with E-state index in [1.54, 1.807) is 7.11 Å². The van der Waals surface area contributed by atoms with E-state index in [0.29, 0.717) is 13.2 Å². The molecule has 0 unspecified atom stereocenters. The van der Waals surface area contributed by atoms with Gasteiger partial charge in [-0.1, -0.05) is 48.0 Å². The van der Waals surface area contributed by atoms with Crippen LogP contribution in [-0.4, -0.2) is 20.3 Å². The first kappa shape index (κ1) is 26.0. The zero-order chi connectivity index (χ0) is 22.1. The Morgan fingerprint density at radius 2 is 1.66 bits per heavy atom. The minimum absolute atomic E-state index is 0. The second-order valence-electron chi connectivity index (χ2n) is 7.35. The van der Waals surface area contributed by atoms with E-state index in [4.69, 9.17) is 14.2 Å². The Bertz CT molecular complexity index is 979. The third-order valence-electron chi connectivity index (χ3n) is 4.97. The van der Waals surface area contributed by atoms with Crippen molar-refractivity contribution in [3.63, 3.8) is 0 Å². The van der Waals surface area contributed by atoms with Gasteiger partial charge in [0.1, 0.15) is 12.4 Å². The first-order chi connectivity index (χ1) is 15.1. The number of hydrogen-bond acceptors (Lipinski definition) is 4. The predicted molar refractivity (Wildman–Crippen MR) is 136 cm³/mol. The van der Waals surface area contributed by atoms with Gasteiger partial charge < -0.3 is 19.5 Å². The molecule has 0 fully saturated rings. The van der Waals surface area contributed by atoms with Crippen molar-refractivity contribution in [3.05, 3.63) is 87.4 Å². The number of ether oxygens (including phenoxy) is 3. The van der Waals surface area contributed by atoms with Crippen molar-refractivity contribution < 1.29 is 14.2 Å². The van der Waals surface area contributed by atoms with E-state index >= 15 is 0 Å². The van der Waals surface area contributed by atoms with Gasteiger partial charge in [0.25, 0.3) is 0 Å². The summed E-state index contributed by atoms with van der Waals surface area (Å²) in [5.41, 5.74) is 4.70. The molecule has 0 aliphatic carbocycles. The van der Waals surface area contributed by atoms with Crippen LogP contribution in [0.4, 0.5) is 0 Å². The molecule has 0 atom stereocenters. The zero-order valence-electron chi connectivity index (χ0n) is 18.8. The Morgan fingerprint density at radius 1 is 0.906 bits per heavy atom. The zero-order valence-corrected chi connectivity index (χ0v) is 21.2. The van der Waals surface area contributed by atoms with Crippen LogP contribution in [0.15, 0.2) is 65.1 Å². The minimum atomic E-state index is 0. The van der Waals surface area contributed by atoms with Gasteiger partial charge in [-0.05, 0) is 77.6 Å². The fraction of sp³-hybridized carbons (Fsp3) is 0.308. The molecule has 0 aliphatic heterocycles. The summed E-state index contributed by atoms with van der Waals surface area (Å²) in [7, 11) is 1.71. The summed E-state index contributed by atoms with van der Waals surface area (Å²) >= 11 is 3.67. The van der Waals surface area contributed by atoms with Crippen LogP contribution in [-0.2, 0) is 19.6 Å². The molecule has 32 heavy (non-hydrogen) atoms. The maximum atomic E-state index is 6.10. The molecule has 0 radical (unpaired) electrons. The molecule has 0 spiro atoms. The molecule has 1 N–H and O–H groups in total. The van der Waals surface area contributed by atoms with Crippen molar-refractivity contribution in [3.8, 4) is 17.2 Å². The highest BCUT2D eigenvalue weighted by Crippen LogP contribution is 2.37. The summed E-state index contributed by atoms with van der Waals surface area (Å²) in [6.07, 6.45) is 0.904. The van der Waals surface area contributed by atoms with E-state index in [-0.39, 0.29) is 12.4 Å². The molecule has 0 aliphatic rings. The average Bonchev–Trinajstić information content (AvgIpc) is 2.78. The van der Waals surface area contributed by atoms with Gasteiger partial charge in [0.05, 0.1) is 18.2 Å². The van der Waals surface area contributed by atoms with Crippen LogP contribution in [0.25, 0.3) is 0 Å². The van der Waals surface area contributed by atoms with Gasteiger partial charge in [0.2, 0.25) is 0 Å². The van der Waals surface area contributed by atoms with Crippen LogP contribution < -0.4 is 19.5 Å². The Balaban J connectivity index is 0.00000363. The van der Waals surface area contributed by atoms with Crippen molar-refractivity contribution in [2.75, 3.05) is 20.3 Å². The third-order valence-corrected chi connectivity index (χ3v) is 5.55. The van der Waals surface area contributed by atoms with Gasteiger partial charge in [-0.3, -0.25) is 0 Å². The molecule has 3 aromatic rings. The van der Waals surface area contributed by atoms with E-state index in [0.717, 1.165) is 52.4 Å². The summed E-state index contributed by atoms with van der Waals surface area (Å²) in [4.78, 5) is 0. The number of benzene rings is 3. The van der Waals surface area contributed by atoms with Gasteiger partial charge in [0.15, 0.2) is 11.5 Å². The molecule has 6 heteroatoms. The lowest BCUT2D eigenvalue weighted by Crippen LogP contribution is -2.17. The Hall–Kier alpha value is -2.21. The highest BCUT2D eigenvalue weighted by molar-refractivity contribution is 9.10. The van der Waals surface area contributed by atoms with Crippen LogP contribution in [0, 0.1) is 6.92 Å². The normalized spacial score (nSPS) is 10.4. The van der Waals surface area contributed by atoms with Crippen molar-refractivity contribution in [2.45, 2.75) is 33.4 Å². The van der Waals surface area contributed by atoms with Crippen molar-refractivity contribution in [2.24, 2.45) is 0 Å². The third kappa shape index (κ3) is 7.44. The lowest BCUT2D eigenvalue weighted by molar-refractivity contribution is 0.267. The molecule has 0 amide bonds. The molecule has 0 saturated heterocycles. The Morgan fingerprint density at radius 3 is 2.38 bits per heavy atom. The fourth-order valence-corrected chi connectivity index (χ4v) is 3.94. The molecule has 172 valence electrons. The molecule has 0 saturated carbocycles. The quantitative estimate of drug-likeness (QED) is 0.293. The van der Waals surface area contributed by atoms with Crippen molar-refractivity contribution in [1.82, 2.24) is 5.32 Å². The van der Waals surface area contributed by atoms with Gasteiger partial charge in [-0.15, -0.1) is 12.4 Å². The summed E-state index contributed by atoms with van der Waals surface area (Å²) in [5, 5.41) is 3.51. The maximum absolute atomic E-state index is 6.10. The predicted octanol–water partition coefficient (Wildman–Crippen LogP) is 6.50. The van der Waals surface area contributed by atoms with Crippen LogP contribution in [0.1, 0.15) is 29.2 Å². The molecule has 0 heterocycles. The average molecular weight is 521 g/mol. The van der Waals surface area contributed by atoms with E-state index < -0.39 is 0 Å². The van der Waals surface area contributed by atoms with E-state index in [2.05, 4.69) is 70.6 Å². The molecule has 3 rings (SSSR count). The summed E-state index contributed by atoms with van der Waals surface area (Å²) in [5.74, 6) is 2.42. The second-order valence-corrected chi connectivity index (χ2v) is 8.21. The monoisotopic (exact) mass is 519 g/mol. The highest BCUT2D eigenvalue weighted by atomic mass is 79.9. The molecular formula is C26H31BrClNO3. The Labute approximate surface area is 205 Å². The number of methoxy groups -OCH3 is 1. The number of aryl methyl sites for hydroxylation is 1. The SMILES string of the molecule is CCOc1cc(CNCCc2ccccc2OC)cc(Br)c1OCc1ccc(C)cc1.Cl. The van der Waals surface area contributed by atoms with E-state index in [9.17, 15) is 0 Å².